The zero-order chi connectivity index (χ0) is 15.0. The molecule has 1 atom stereocenters. The molecule has 0 aromatic carbocycles. The van der Waals surface area contributed by atoms with E-state index in [-0.39, 0.29) is 24.9 Å². The highest BCUT2D eigenvalue weighted by Gasteiger charge is 2.29. The number of amides is 2. The molecule has 4 heteroatoms. The Kier molecular flexibility index (Phi) is 6.50. The zero-order valence-electron chi connectivity index (χ0n) is 12.0. The Morgan fingerprint density at radius 3 is 2.70 bits per heavy atom. The van der Waals surface area contributed by atoms with Gasteiger partial charge in [0.2, 0.25) is 5.91 Å². The maximum absolute atomic E-state index is 12.1. The van der Waals surface area contributed by atoms with Crippen molar-refractivity contribution >= 4 is 12.0 Å². The number of hydrogen-bond acceptors (Lipinski definition) is 3. The van der Waals surface area contributed by atoms with Gasteiger partial charge in [-0.15, -0.1) is 6.58 Å². The summed E-state index contributed by atoms with van der Waals surface area (Å²) in [6.45, 7) is 8.24. The predicted molar refractivity (Wildman–Crippen MR) is 79.1 cm³/mol. The summed E-state index contributed by atoms with van der Waals surface area (Å²) >= 11 is 0. The fraction of sp³-hybridized carbons (Fsp3) is 0.375. The van der Waals surface area contributed by atoms with Crippen molar-refractivity contribution in [3.05, 3.63) is 48.6 Å². The van der Waals surface area contributed by atoms with Crippen molar-refractivity contribution in [2.24, 2.45) is 5.92 Å². The number of nitrogens with zero attached hydrogens (tertiary/aromatic N) is 1. The quantitative estimate of drug-likeness (QED) is 0.552. The third kappa shape index (κ3) is 4.23. The smallest absolute Gasteiger partial charge is 0.416 e. The number of rotatable bonds is 6. The molecule has 4 nitrogen and oxygen atoms in total. The van der Waals surface area contributed by atoms with E-state index in [1.807, 2.05) is 44.2 Å². The van der Waals surface area contributed by atoms with Crippen LogP contribution in [0.25, 0.3) is 0 Å². The molecule has 1 rings (SSSR count). The molecule has 1 heterocycles. The van der Waals surface area contributed by atoms with Gasteiger partial charge in [-0.1, -0.05) is 36.5 Å². The highest BCUT2D eigenvalue weighted by atomic mass is 16.6. The third-order valence-electron chi connectivity index (χ3n) is 3.01. The number of ether oxygens (including phenoxy) is 1. The summed E-state index contributed by atoms with van der Waals surface area (Å²) in [6.07, 6.45) is 11.0. The summed E-state index contributed by atoms with van der Waals surface area (Å²) < 4.78 is 4.78. The minimum atomic E-state index is -0.553. The van der Waals surface area contributed by atoms with Gasteiger partial charge in [-0.3, -0.25) is 4.79 Å². The molecule has 0 unspecified atom stereocenters. The number of carbonyl (C=O) groups is 2. The van der Waals surface area contributed by atoms with Gasteiger partial charge in [-0.05, 0) is 19.4 Å². The van der Waals surface area contributed by atoms with Crippen LogP contribution in [0, 0.1) is 5.92 Å². The summed E-state index contributed by atoms with van der Waals surface area (Å²) in [5.41, 5.74) is 0.988. The minimum absolute atomic E-state index is 0.122. The highest BCUT2D eigenvalue weighted by Crippen LogP contribution is 2.20. The Labute approximate surface area is 120 Å². The molecule has 1 fully saturated rings. The van der Waals surface area contributed by atoms with E-state index in [0.717, 1.165) is 10.5 Å². The minimum Gasteiger partial charge on any atom is -0.447 e. The van der Waals surface area contributed by atoms with Crippen molar-refractivity contribution in [2.75, 3.05) is 13.2 Å². The Hall–Kier alpha value is -2.10. The average Bonchev–Trinajstić information content (AvgIpc) is 2.87. The van der Waals surface area contributed by atoms with E-state index in [2.05, 4.69) is 6.58 Å². The van der Waals surface area contributed by atoms with Crippen molar-refractivity contribution in [1.29, 1.82) is 0 Å². The van der Waals surface area contributed by atoms with Gasteiger partial charge in [0, 0.05) is 12.3 Å². The van der Waals surface area contributed by atoms with Crippen LogP contribution in [0.2, 0.25) is 0 Å². The number of cyclic esters (lactones) is 1. The van der Waals surface area contributed by atoms with Gasteiger partial charge in [0.05, 0.1) is 6.54 Å². The summed E-state index contributed by atoms with van der Waals surface area (Å²) in [5.74, 6) is -0.350. The first-order valence-electron chi connectivity index (χ1n) is 6.69. The SMILES string of the molecule is C=C[C@@H](CC(=O)N1CCOC1=O)C(/C=C\C)=C/C=C\C. The van der Waals surface area contributed by atoms with Crippen LogP contribution in [0.15, 0.2) is 48.6 Å². The lowest BCUT2D eigenvalue weighted by Crippen LogP contribution is -2.32. The van der Waals surface area contributed by atoms with Crippen LogP contribution < -0.4 is 0 Å². The third-order valence-corrected chi connectivity index (χ3v) is 3.01. The van der Waals surface area contributed by atoms with Crippen molar-refractivity contribution in [2.45, 2.75) is 20.3 Å². The zero-order valence-corrected chi connectivity index (χ0v) is 12.0. The van der Waals surface area contributed by atoms with E-state index in [4.69, 9.17) is 4.74 Å². The molecule has 0 aromatic heterocycles. The lowest BCUT2D eigenvalue weighted by Gasteiger charge is -2.16. The van der Waals surface area contributed by atoms with Crippen molar-refractivity contribution in [1.82, 2.24) is 4.90 Å². The van der Waals surface area contributed by atoms with E-state index >= 15 is 0 Å². The molecule has 0 bridgehead atoms. The molecule has 1 saturated heterocycles. The van der Waals surface area contributed by atoms with Gasteiger partial charge in [-0.2, -0.15) is 0 Å². The summed E-state index contributed by atoms with van der Waals surface area (Å²) in [5, 5.41) is 0. The molecule has 20 heavy (non-hydrogen) atoms. The number of allylic oxidation sites excluding steroid dienone is 7. The van der Waals surface area contributed by atoms with E-state index in [1.54, 1.807) is 6.08 Å². The van der Waals surface area contributed by atoms with Gasteiger partial charge >= 0.3 is 6.09 Å². The largest absolute Gasteiger partial charge is 0.447 e. The molecule has 0 saturated carbocycles. The molecule has 0 aliphatic carbocycles. The van der Waals surface area contributed by atoms with Crippen LogP contribution in [-0.4, -0.2) is 30.1 Å². The summed E-state index contributed by atoms with van der Waals surface area (Å²) in [4.78, 5) is 24.6. The Morgan fingerprint density at radius 2 is 2.20 bits per heavy atom. The standard InChI is InChI=1S/C16H21NO3/c1-4-7-9-14(8-5-2)13(6-3)12-15(18)17-10-11-20-16(17)19/h4-9,13H,3,10-12H2,1-2H3/b7-4-,8-5-,14-9+/t13-/m0/s1. The second-order valence-electron chi connectivity index (χ2n) is 4.40. The molecular formula is C16H21NO3. The predicted octanol–water partition coefficient (Wildman–Crippen LogP) is 3.24. The number of imide groups is 1. The Balaban J connectivity index is 2.81. The van der Waals surface area contributed by atoms with Gasteiger partial charge in [0.15, 0.2) is 0 Å². The van der Waals surface area contributed by atoms with Crippen LogP contribution in [-0.2, 0) is 9.53 Å². The summed E-state index contributed by atoms with van der Waals surface area (Å²) in [6, 6.07) is 0. The van der Waals surface area contributed by atoms with Crippen LogP contribution in [0.4, 0.5) is 4.79 Å². The first-order valence-corrected chi connectivity index (χ1v) is 6.69. The summed E-state index contributed by atoms with van der Waals surface area (Å²) in [7, 11) is 0. The van der Waals surface area contributed by atoms with Gasteiger partial charge in [0.1, 0.15) is 6.61 Å². The maximum Gasteiger partial charge on any atom is 0.416 e. The molecule has 0 N–H and O–H groups in total. The first-order chi connectivity index (χ1) is 9.63. The molecule has 0 radical (unpaired) electrons. The molecule has 2 amide bonds. The second kappa shape index (κ2) is 8.15. The van der Waals surface area contributed by atoms with Gasteiger partial charge in [0.25, 0.3) is 0 Å². The molecular weight excluding hydrogens is 254 g/mol. The van der Waals surface area contributed by atoms with E-state index in [1.165, 1.54) is 0 Å². The average molecular weight is 275 g/mol. The van der Waals surface area contributed by atoms with Crippen molar-refractivity contribution < 1.29 is 14.3 Å². The van der Waals surface area contributed by atoms with Crippen molar-refractivity contribution in [3.63, 3.8) is 0 Å². The monoisotopic (exact) mass is 275 g/mol. The van der Waals surface area contributed by atoms with Crippen LogP contribution >= 0.6 is 0 Å². The lowest BCUT2D eigenvalue weighted by atomic mass is 9.94. The van der Waals surface area contributed by atoms with E-state index < -0.39 is 6.09 Å². The molecule has 0 aromatic rings. The second-order valence-corrected chi connectivity index (χ2v) is 4.40. The molecule has 1 aliphatic rings. The van der Waals surface area contributed by atoms with E-state index in [9.17, 15) is 9.59 Å². The Bertz CT molecular complexity index is 460. The van der Waals surface area contributed by atoms with Crippen molar-refractivity contribution in [3.8, 4) is 0 Å². The fourth-order valence-corrected chi connectivity index (χ4v) is 1.96. The molecule has 1 aliphatic heterocycles. The maximum atomic E-state index is 12.1. The van der Waals surface area contributed by atoms with Gasteiger partial charge < -0.3 is 4.74 Å². The Morgan fingerprint density at radius 1 is 1.45 bits per heavy atom. The first kappa shape index (κ1) is 16.0. The topological polar surface area (TPSA) is 46.6 Å². The molecule has 108 valence electrons. The van der Waals surface area contributed by atoms with Crippen LogP contribution in [0.5, 0.6) is 0 Å². The fourth-order valence-electron chi connectivity index (χ4n) is 1.96. The lowest BCUT2D eigenvalue weighted by molar-refractivity contribution is -0.128. The normalized spacial score (nSPS) is 17.8. The molecule has 0 spiro atoms. The number of carbonyl (C=O) groups excluding carboxylic acids is 2. The highest BCUT2D eigenvalue weighted by molar-refractivity contribution is 5.93. The van der Waals surface area contributed by atoms with Gasteiger partial charge in [-0.25, -0.2) is 9.69 Å². The van der Waals surface area contributed by atoms with E-state index in [0.29, 0.717) is 6.54 Å². The number of hydrogen-bond donors (Lipinski definition) is 0. The van der Waals surface area contributed by atoms with Crippen LogP contribution in [0.1, 0.15) is 20.3 Å². The van der Waals surface area contributed by atoms with Crippen LogP contribution in [0.3, 0.4) is 0 Å².